The van der Waals surface area contributed by atoms with Gasteiger partial charge in [0.2, 0.25) is 0 Å². The predicted molar refractivity (Wildman–Crippen MR) is 129 cm³/mol. The van der Waals surface area contributed by atoms with Crippen molar-refractivity contribution in [3.63, 3.8) is 0 Å². The molecule has 33 heavy (non-hydrogen) atoms. The van der Waals surface area contributed by atoms with Gasteiger partial charge in [0.1, 0.15) is 0 Å². The second kappa shape index (κ2) is 9.09. The molecule has 5 nitrogen and oxygen atoms in total. The van der Waals surface area contributed by atoms with Crippen LogP contribution in [0.25, 0.3) is 0 Å². The van der Waals surface area contributed by atoms with E-state index >= 15 is 0 Å². The minimum Gasteiger partial charge on any atom is -0.469 e. The maximum absolute atomic E-state index is 12.9. The zero-order valence-corrected chi connectivity index (χ0v) is 21.4. The maximum atomic E-state index is 12.9. The first-order valence-corrected chi connectivity index (χ1v) is 13.9. The van der Waals surface area contributed by atoms with Gasteiger partial charge in [-0.2, -0.15) is 0 Å². The van der Waals surface area contributed by atoms with Crippen LogP contribution in [0.5, 0.6) is 0 Å². The van der Waals surface area contributed by atoms with Gasteiger partial charge in [0.25, 0.3) is 0 Å². The van der Waals surface area contributed by atoms with Crippen molar-refractivity contribution in [2.24, 2.45) is 40.4 Å². The molecule has 0 saturated heterocycles. The number of methoxy groups -OCH3 is 2. The van der Waals surface area contributed by atoms with Gasteiger partial charge in [0, 0.05) is 19.2 Å². The van der Waals surface area contributed by atoms with Gasteiger partial charge in [-0.1, -0.05) is 33.1 Å². The highest BCUT2D eigenvalue weighted by molar-refractivity contribution is 5.74. The first kappa shape index (κ1) is 24.1. The quantitative estimate of drug-likeness (QED) is 0.594. The van der Waals surface area contributed by atoms with E-state index in [4.69, 9.17) is 9.47 Å². The molecule has 0 spiro atoms. The molecule has 0 aliphatic heterocycles. The molecule has 2 N–H and O–H groups in total. The fourth-order valence-electron chi connectivity index (χ4n) is 9.94. The van der Waals surface area contributed by atoms with E-state index in [2.05, 4.69) is 19.2 Å². The Balaban J connectivity index is 1.50. The van der Waals surface area contributed by atoms with Crippen LogP contribution in [-0.2, 0) is 14.3 Å². The molecule has 5 rings (SSSR count). The van der Waals surface area contributed by atoms with Crippen molar-refractivity contribution >= 4 is 5.97 Å². The monoisotopic (exact) mass is 461 g/mol. The number of hydrogen-bond donors (Lipinski definition) is 2. The molecule has 188 valence electrons. The van der Waals surface area contributed by atoms with Crippen molar-refractivity contribution in [1.82, 2.24) is 5.32 Å². The van der Waals surface area contributed by atoms with Gasteiger partial charge < -0.3 is 19.9 Å². The van der Waals surface area contributed by atoms with Gasteiger partial charge in [-0.25, -0.2) is 0 Å². The molecular formula is C28H47NO4. The number of rotatable bonds is 4. The minimum absolute atomic E-state index is 0.00926. The SMILES string of the molecule is COC(=O)C1CC[C@H]2[C@@H]3CCC4CC(O)C(OC)C[C@]4(C)[C@@H]3C(NC3CCCCC3)C[C@]12C. The van der Waals surface area contributed by atoms with Crippen LogP contribution < -0.4 is 5.32 Å². The third-order valence-corrected chi connectivity index (χ3v) is 11.5. The van der Waals surface area contributed by atoms with E-state index in [1.807, 2.05) is 0 Å². The Morgan fingerprint density at radius 1 is 0.939 bits per heavy atom. The van der Waals surface area contributed by atoms with Gasteiger partial charge in [0.05, 0.1) is 25.2 Å². The van der Waals surface area contributed by atoms with Gasteiger partial charge in [-0.15, -0.1) is 0 Å². The van der Waals surface area contributed by atoms with Crippen molar-refractivity contribution < 1.29 is 19.4 Å². The lowest BCUT2D eigenvalue weighted by atomic mass is 9.43. The Hall–Kier alpha value is -0.650. The van der Waals surface area contributed by atoms with E-state index in [-0.39, 0.29) is 34.9 Å². The van der Waals surface area contributed by atoms with Crippen LogP contribution >= 0.6 is 0 Å². The number of fused-ring (bicyclic) bond motifs is 5. The summed E-state index contributed by atoms with van der Waals surface area (Å²) in [4.78, 5) is 12.9. The fraction of sp³-hybridized carbons (Fsp3) is 0.964. The van der Waals surface area contributed by atoms with Crippen LogP contribution in [0.15, 0.2) is 0 Å². The van der Waals surface area contributed by atoms with Crippen molar-refractivity contribution in [3.05, 3.63) is 0 Å². The van der Waals surface area contributed by atoms with E-state index in [9.17, 15) is 9.90 Å². The van der Waals surface area contributed by atoms with Crippen LogP contribution in [0.1, 0.15) is 90.9 Å². The first-order valence-electron chi connectivity index (χ1n) is 13.9. The smallest absolute Gasteiger partial charge is 0.309 e. The Kier molecular flexibility index (Phi) is 6.63. The second-order valence-electron chi connectivity index (χ2n) is 12.8. The number of aliphatic hydroxyl groups is 1. The summed E-state index contributed by atoms with van der Waals surface area (Å²) in [7, 11) is 3.33. The zero-order chi connectivity index (χ0) is 23.4. The Morgan fingerprint density at radius 2 is 1.70 bits per heavy atom. The molecule has 5 fully saturated rings. The number of esters is 1. The molecule has 0 heterocycles. The van der Waals surface area contributed by atoms with Gasteiger partial charge >= 0.3 is 5.97 Å². The number of ether oxygens (including phenoxy) is 2. The van der Waals surface area contributed by atoms with E-state index in [0.717, 1.165) is 32.1 Å². The topological polar surface area (TPSA) is 67.8 Å². The normalized spacial score (nSPS) is 50.2. The fourth-order valence-corrected chi connectivity index (χ4v) is 9.94. The first-order chi connectivity index (χ1) is 15.8. The summed E-state index contributed by atoms with van der Waals surface area (Å²) < 4.78 is 11.1. The average Bonchev–Trinajstić information content (AvgIpc) is 3.15. The molecule has 5 heteroatoms. The summed E-state index contributed by atoms with van der Waals surface area (Å²) in [6.07, 6.45) is 13.7. The summed E-state index contributed by atoms with van der Waals surface area (Å²) >= 11 is 0. The lowest BCUT2D eigenvalue weighted by Crippen LogP contribution is -2.65. The molecule has 0 radical (unpaired) electrons. The molecule has 0 aromatic carbocycles. The van der Waals surface area contributed by atoms with Crippen LogP contribution in [0.3, 0.4) is 0 Å². The van der Waals surface area contributed by atoms with Crippen molar-refractivity contribution in [2.75, 3.05) is 14.2 Å². The number of hydrogen-bond acceptors (Lipinski definition) is 5. The summed E-state index contributed by atoms with van der Waals surface area (Å²) in [6.45, 7) is 4.94. The van der Waals surface area contributed by atoms with Crippen molar-refractivity contribution in [2.45, 2.75) is 115 Å². The molecule has 5 saturated carbocycles. The van der Waals surface area contributed by atoms with E-state index in [1.54, 1.807) is 14.2 Å². The number of carbonyl (C=O) groups excluding carboxylic acids is 1. The van der Waals surface area contributed by atoms with Crippen LogP contribution in [0.2, 0.25) is 0 Å². The summed E-state index contributed by atoms with van der Waals surface area (Å²) in [5, 5.41) is 15.0. The van der Waals surface area contributed by atoms with Crippen LogP contribution in [-0.4, -0.2) is 49.6 Å². The third kappa shape index (κ3) is 3.89. The minimum atomic E-state index is -0.335. The summed E-state index contributed by atoms with van der Waals surface area (Å²) in [6, 6.07) is 1.05. The second-order valence-corrected chi connectivity index (χ2v) is 12.8. The van der Waals surface area contributed by atoms with E-state index in [0.29, 0.717) is 35.8 Å². The van der Waals surface area contributed by atoms with E-state index < -0.39 is 0 Å². The Morgan fingerprint density at radius 3 is 2.39 bits per heavy atom. The molecule has 0 aromatic rings. The Bertz CT molecular complexity index is 723. The predicted octanol–water partition coefficient (Wildman–Crippen LogP) is 4.70. The van der Waals surface area contributed by atoms with E-state index in [1.165, 1.54) is 44.9 Å². The molecule has 10 atom stereocenters. The van der Waals surface area contributed by atoms with Crippen molar-refractivity contribution in [3.8, 4) is 0 Å². The molecule has 0 amide bonds. The van der Waals surface area contributed by atoms with Gasteiger partial charge in [-0.3, -0.25) is 4.79 Å². The molecule has 5 aliphatic rings. The third-order valence-electron chi connectivity index (χ3n) is 11.5. The molecule has 5 unspecified atom stereocenters. The number of carbonyl (C=O) groups is 1. The molecule has 0 aromatic heterocycles. The number of aliphatic hydroxyl groups excluding tert-OH is 1. The maximum Gasteiger partial charge on any atom is 0.309 e. The lowest BCUT2D eigenvalue weighted by Gasteiger charge is -2.64. The number of nitrogens with one attached hydrogen (secondary N) is 1. The highest BCUT2D eigenvalue weighted by atomic mass is 16.5. The van der Waals surface area contributed by atoms with Gasteiger partial charge in [0.15, 0.2) is 0 Å². The van der Waals surface area contributed by atoms with Crippen LogP contribution in [0, 0.1) is 40.4 Å². The molecule has 0 bridgehead atoms. The van der Waals surface area contributed by atoms with Crippen LogP contribution in [0.4, 0.5) is 0 Å². The molecule has 5 aliphatic carbocycles. The summed E-state index contributed by atoms with van der Waals surface area (Å²) in [5.41, 5.74) is 0.207. The molecular weight excluding hydrogens is 414 g/mol. The standard InChI is InChI=1S/C28H47NO4/c1-27-16-24(32-3)23(30)14-17(27)10-11-19-20-12-13-21(26(31)33-4)28(20,2)15-22(25(19)27)29-18-8-6-5-7-9-18/h17-25,29-30H,5-16H2,1-4H3/t17?,19-,20-,21?,22?,23?,24?,25-,27-,28-/m0/s1. The average molecular weight is 462 g/mol. The summed E-state index contributed by atoms with van der Waals surface area (Å²) in [5.74, 6) is 2.45. The zero-order valence-electron chi connectivity index (χ0n) is 21.4. The highest BCUT2D eigenvalue weighted by Crippen LogP contribution is 2.67. The largest absolute Gasteiger partial charge is 0.469 e. The highest BCUT2D eigenvalue weighted by Gasteiger charge is 2.65. The van der Waals surface area contributed by atoms with Gasteiger partial charge in [-0.05, 0) is 92.3 Å². The lowest BCUT2D eigenvalue weighted by molar-refractivity contribution is -0.180. The van der Waals surface area contributed by atoms with Crippen molar-refractivity contribution in [1.29, 1.82) is 0 Å². The Labute approximate surface area is 200 Å².